The van der Waals surface area contributed by atoms with Crippen LogP contribution in [0.1, 0.15) is 16.8 Å². The van der Waals surface area contributed by atoms with Crippen LogP contribution in [0.25, 0.3) is 0 Å². The molecule has 0 radical (unpaired) electrons. The molecule has 0 bridgehead atoms. The maximum atomic E-state index is 13.5. The van der Waals surface area contributed by atoms with Crippen LogP contribution >= 0.6 is 0 Å². The third-order valence-corrected chi connectivity index (χ3v) is 3.15. The SMILES string of the molecule is Fc1ccccc1COc1ccc(Cc2ccon2)cc1. The van der Waals surface area contributed by atoms with Crippen LogP contribution in [-0.4, -0.2) is 5.16 Å². The van der Waals surface area contributed by atoms with Crippen molar-refractivity contribution in [3.63, 3.8) is 0 Å². The third-order valence-electron chi connectivity index (χ3n) is 3.15. The van der Waals surface area contributed by atoms with Crippen LogP contribution in [-0.2, 0) is 13.0 Å². The van der Waals surface area contributed by atoms with Gasteiger partial charge in [-0.1, -0.05) is 35.5 Å². The van der Waals surface area contributed by atoms with Crippen molar-refractivity contribution in [2.75, 3.05) is 0 Å². The second kappa shape index (κ2) is 6.22. The van der Waals surface area contributed by atoms with Gasteiger partial charge in [-0.2, -0.15) is 0 Å². The molecule has 3 nitrogen and oxygen atoms in total. The summed E-state index contributed by atoms with van der Waals surface area (Å²) in [5.74, 6) is 0.460. The van der Waals surface area contributed by atoms with Crippen molar-refractivity contribution < 1.29 is 13.7 Å². The molecule has 3 rings (SSSR count). The van der Waals surface area contributed by atoms with E-state index in [0.29, 0.717) is 17.7 Å². The van der Waals surface area contributed by atoms with Gasteiger partial charge in [0.2, 0.25) is 0 Å². The van der Waals surface area contributed by atoms with E-state index in [1.807, 2.05) is 30.3 Å². The minimum Gasteiger partial charge on any atom is -0.489 e. The van der Waals surface area contributed by atoms with Crippen molar-refractivity contribution >= 4 is 0 Å². The van der Waals surface area contributed by atoms with Crippen molar-refractivity contribution in [2.45, 2.75) is 13.0 Å². The first-order chi connectivity index (χ1) is 10.3. The van der Waals surface area contributed by atoms with E-state index in [-0.39, 0.29) is 12.4 Å². The number of benzene rings is 2. The van der Waals surface area contributed by atoms with Crippen LogP contribution in [0.4, 0.5) is 4.39 Å². The fraction of sp³-hybridized carbons (Fsp3) is 0.118. The van der Waals surface area contributed by atoms with E-state index in [4.69, 9.17) is 9.26 Å². The van der Waals surface area contributed by atoms with E-state index in [1.165, 1.54) is 6.07 Å². The zero-order valence-corrected chi connectivity index (χ0v) is 11.3. The van der Waals surface area contributed by atoms with Crippen molar-refractivity contribution in [1.82, 2.24) is 5.16 Å². The Bertz CT molecular complexity index is 693. The molecule has 3 aromatic rings. The molecule has 0 aliphatic rings. The Balaban J connectivity index is 1.61. The van der Waals surface area contributed by atoms with E-state index >= 15 is 0 Å². The molecule has 0 amide bonds. The lowest BCUT2D eigenvalue weighted by atomic mass is 10.1. The molecule has 1 aromatic heterocycles. The zero-order chi connectivity index (χ0) is 14.5. The first-order valence-electron chi connectivity index (χ1n) is 6.66. The van der Waals surface area contributed by atoms with Gasteiger partial charge < -0.3 is 9.26 Å². The highest BCUT2D eigenvalue weighted by Crippen LogP contribution is 2.17. The summed E-state index contributed by atoms with van der Waals surface area (Å²) in [4.78, 5) is 0. The lowest BCUT2D eigenvalue weighted by Crippen LogP contribution is -1.98. The molecule has 0 saturated carbocycles. The molecule has 0 spiro atoms. The highest BCUT2D eigenvalue weighted by molar-refractivity contribution is 5.30. The van der Waals surface area contributed by atoms with Crippen LogP contribution in [0, 0.1) is 5.82 Å². The molecular formula is C17H14FNO2. The number of ether oxygens (including phenoxy) is 1. The molecule has 1 heterocycles. The van der Waals surface area contributed by atoms with Gasteiger partial charge in [-0.05, 0) is 23.8 Å². The fourth-order valence-electron chi connectivity index (χ4n) is 2.02. The lowest BCUT2D eigenvalue weighted by Gasteiger charge is -2.07. The van der Waals surface area contributed by atoms with Gasteiger partial charge in [0.15, 0.2) is 0 Å². The summed E-state index contributed by atoms with van der Waals surface area (Å²) in [5.41, 5.74) is 2.54. The number of hydrogen-bond acceptors (Lipinski definition) is 3. The Morgan fingerprint density at radius 1 is 1.00 bits per heavy atom. The Morgan fingerprint density at radius 2 is 1.81 bits per heavy atom. The molecule has 0 aliphatic heterocycles. The van der Waals surface area contributed by atoms with Crippen molar-refractivity contribution in [3.8, 4) is 5.75 Å². The van der Waals surface area contributed by atoms with E-state index in [0.717, 1.165) is 11.3 Å². The fourth-order valence-corrected chi connectivity index (χ4v) is 2.02. The quantitative estimate of drug-likeness (QED) is 0.710. The summed E-state index contributed by atoms with van der Waals surface area (Å²) in [6.07, 6.45) is 2.27. The smallest absolute Gasteiger partial charge is 0.129 e. The average molecular weight is 283 g/mol. The van der Waals surface area contributed by atoms with Gasteiger partial charge in [0.25, 0.3) is 0 Å². The maximum Gasteiger partial charge on any atom is 0.129 e. The summed E-state index contributed by atoms with van der Waals surface area (Å²) in [6, 6.07) is 16.1. The van der Waals surface area contributed by atoms with Crippen molar-refractivity contribution in [1.29, 1.82) is 0 Å². The van der Waals surface area contributed by atoms with E-state index in [9.17, 15) is 4.39 Å². The first kappa shape index (κ1) is 13.4. The maximum absolute atomic E-state index is 13.5. The molecule has 0 N–H and O–H groups in total. The zero-order valence-electron chi connectivity index (χ0n) is 11.3. The van der Waals surface area contributed by atoms with Crippen LogP contribution in [0.15, 0.2) is 65.4 Å². The van der Waals surface area contributed by atoms with E-state index < -0.39 is 0 Å². The number of hydrogen-bond donors (Lipinski definition) is 0. The van der Waals surface area contributed by atoms with Crippen LogP contribution < -0.4 is 4.74 Å². The summed E-state index contributed by atoms with van der Waals surface area (Å²) < 4.78 is 23.9. The summed E-state index contributed by atoms with van der Waals surface area (Å²) in [7, 11) is 0. The molecular weight excluding hydrogens is 269 g/mol. The van der Waals surface area contributed by atoms with Crippen molar-refractivity contribution in [2.24, 2.45) is 0 Å². The Kier molecular flexibility index (Phi) is 3.96. The van der Waals surface area contributed by atoms with Gasteiger partial charge in [0.1, 0.15) is 24.4 Å². The molecule has 21 heavy (non-hydrogen) atoms. The van der Waals surface area contributed by atoms with Crippen molar-refractivity contribution in [3.05, 3.63) is 83.5 Å². The predicted octanol–water partition coefficient (Wildman–Crippen LogP) is 3.98. The normalized spacial score (nSPS) is 10.5. The van der Waals surface area contributed by atoms with Gasteiger partial charge in [-0.3, -0.25) is 0 Å². The average Bonchev–Trinajstić information content (AvgIpc) is 3.01. The predicted molar refractivity (Wildman–Crippen MR) is 76.5 cm³/mol. The Labute approximate surface area is 122 Å². The first-order valence-corrected chi connectivity index (χ1v) is 6.66. The second-order valence-electron chi connectivity index (χ2n) is 4.69. The molecule has 2 aromatic carbocycles. The highest BCUT2D eigenvalue weighted by Gasteiger charge is 2.03. The van der Waals surface area contributed by atoms with E-state index in [1.54, 1.807) is 24.5 Å². The largest absolute Gasteiger partial charge is 0.489 e. The van der Waals surface area contributed by atoms with Gasteiger partial charge >= 0.3 is 0 Å². The Morgan fingerprint density at radius 3 is 2.52 bits per heavy atom. The monoisotopic (exact) mass is 283 g/mol. The molecule has 0 aliphatic carbocycles. The second-order valence-corrected chi connectivity index (χ2v) is 4.69. The van der Waals surface area contributed by atoms with Gasteiger partial charge in [-0.15, -0.1) is 0 Å². The van der Waals surface area contributed by atoms with Crippen LogP contribution in [0.5, 0.6) is 5.75 Å². The lowest BCUT2D eigenvalue weighted by molar-refractivity contribution is 0.300. The van der Waals surface area contributed by atoms with E-state index in [2.05, 4.69) is 5.16 Å². The highest BCUT2D eigenvalue weighted by atomic mass is 19.1. The number of rotatable bonds is 5. The standard InChI is InChI=1S/C17H14FNO2/c18-17-4-2-1-3-14(17)12-20-16-7-5-13(6-8-16)11-15-9-10-21-19-15/h1-10H,11-12H2. The number of aromatic nitrogens is 1. The third kappa shape index (κ3) is 3.48. The molecule has 4 heteroatoms. The summed E-state index contributed by atoms with van der Waals surface area (Å²) in [5, 5.41) is 3.87. The van der Waals surface area contributed by atoms with Crippen LogP contribution in [0.2, 0.25) is 0 Å². The van der Waals surface area contributed by atoms with Gasteiger partial charge in [0.05, 0.1) is 5.69 Å². The molecule has 106 valence electrons. The van der Waals surface area contributed by atoms with Gasteiger partial charge in [0, 0.05) is 18.1 Å². The topological polar surface area (TPSA) is 35.3 Å². The number of halogens is 1. The Hall–Kier alpha value is -2.62. The van der Waals surface area contributed by atoms with Gasteiger partial charge in [-0.25, -0.2) is 4.39 Å². The molecule has 0 saturated heterocycles. The molecule has 0 unspecified atom stereocenters. The molecule has 0 fully saturated rings. The minimum absolute atomic E-state index is 0.218. The molecule has 0 atom stereocenters. The van der Waals surface area contributed by atoms with Crippen LogP contribution in [0.3, 0.4) is 0 Å². The number of nitrogens with zero attached hydrogens (tertiary/aromatic N) is 1. The minimum atomic E-state index is -0.250. The summed E-state index contributed by atoms with van der Waals surface area (Å²) >= 11 is 0. The summed E-state index contributed by atoms with van der Waals surface area (Å²) in [6.45, 7) is 0.218.